The lowest BCUT2D eigenvalue weighted by Crippen LogP contribution is -2.68. The normalized spacial score (nSPS) is 48.6. The molecule has 0 heterocycles. The lowest BCUT2D eigenvalue weighted by atomic mass is 9.39. The van der Waals surface area contributed by atoms with Gasteiger partial charge in [-0.1, -0.05) is 26.8 Å². The van der Waals surface area contributed by atoms with Crippen molar-refractivity contribution in [2.75, 3.05) is 6.61 Å². The Bertz CT molecular complexity index is 851. The number of aliphatic hydroxyl groups is 2. The Hall–Kier alpha value is -1.73. The Morgan fingerprint density at radius 1 is 1.19 bits per heavy atom. The van der Waals surface area contributed by atoms with E-state index in [1.54, 1.807) is 0 Å². The maximum absolute atomic E-state index is 13.6. The van der Waals surface area contributed by atoms with Crippen LogP contribution in [0.2, 0.25) is 0 Å². The van der Waals surface area contributed by atoms with E-state index in [1.165, 1.54) is 13.8 Å². The second kappa shape index (κ2) is 6.88. The molecule has 0 amide bonds. The molecular formula is C24H34O7. The third-order valence-corrected chi connectivity index (χ3v) is 9.10. The number of aliphatic hydroxyl groups excluding tert-OH is 1. The quantitative estimate of drug-likeness (QED) is 0.518. The number of hydrogen-bond donors (Lipinski definition) is 2. The molecule has 1 spiro atoms. The van der Waals surface area contributed by atoms with Crippen molar-refractivity contribution in [3.63, 3.8) is 0 Å². The molecule has 4 unspecified atom stereocenters. The third-order valence-electron chi connectivity index (χ3n) is 9.10. The standard InChI is InChI=1S/C24H34O7/c1-13-20(28)24-11-23(13,29)10-16(31-15(3)26)19(24)22(5)8-6-7-21(4,12-30-14(2)25)17(22)9-18(24)27/h16-19,27,29H,1,6-12H2,2-5H3/t16?,17?,18?,19?,21-,22+,23-,24-/m0/s1. The van der Waals surface area contributed by atoms with Gasteiger partial charge >= 0.3 is 11.9 Å². The molecule has 2 N–H and O–H groups in total. The fraction of sp³-hybridized carbons (Fsp3) is 0.792. The van der Waals surface area contributed by atoms with Gasteiger partial charge in [-0.05, 0) is 37.0 Å². The van der Waals surface area contributed by atoms with E-state index in [4.69, 9.17) is 9.47 Å². The first-order valence-corrected chi connectivity index (χ1v) is 11.3. The van der Waals surface area contributed by atoms with Crippen LogP contribution in [0.15, 0.2) is 12.2 Å². The van der Waals surface area contributed by atoms with Gasteiger partial charge in [0.25, 0.3) is 0 Å². The smallest absolute Gasteiger partial charge is 0.302 e. The van der Waals surface area contributed by atoms with Crippen molar-refractivity contribution in [1.82, 2.24) is 0 Å². The number of rotatable bonds is 3. The first-order valence-electron chi connectivity index (χ1n) is 11.3. The van der Waals surface area contributed by atoms with Gasteiger partial charge in [0.2, 0.25) is 0 Å². The highest BCUT2D eigenvalue weighted by atomic mass is 16.5. The van der Waals surface area contributed by atoms with E-state index in [-0.39, 0.29) is 48.1 Å². The van der Waals surface area contributed by atoms with Crippen LogP contribution in [0, 0.1) is 28.1 Å². The molecule has 7 heteroatoms. The summed E-state index contributed by atoms with van der Waals surface area (Å²) in [5.41, 5.74) is -3.36. The molecular weight excluding hydrogens is 400 g/mol. The van der Waals surface area contributed by atoms with Crippen LogP contribution in [-0.4, -0.2) is 52.4 Å². The number of Topliss-reactive ketones (excluding diaryl/α,β-unsaturated/α-hetero) is 1. The van der Waals surface area contributed by atoms with Crippen molar-refractivity contribution >= 4 is 17.7 Å². The van der Waals surface area contributed by atoms with Crippen LogP contribution in [0.25, 0.3) is 0 Å². The lowest BCUT2D eigenvalue weighted by Gasteiger charge is -2.66. The summed E-state index contributed by atoms with van der Waals surface area (Å²) in [6.07, 6.45) is 1.42. The molecule has 0 saturated heterocycles. The van der Waals surface area contributed by atoms with Gasteiger partial charge in [-0.25, -0.2) is 0 Å². The predicted molar refractivity (Wildman–Crippen MR) is 111 cm³/mol. The molecule has 2 bridgehead atoms. The van der Waals surface area contributed by atoms with Crippen molar-refractivity contribution in [3.8, 4) is 0 Å². The van der Waals surface area contributed by atoms with Gasteiger partial charge in [-0.2, -0.15) is 0 Å². The largest absolute Gasteiger partial charge is 0.465 e. The highest BCUT2D eigenvalue weighted by Crippen LogP contribution is 2.72. The first kappa shape index (κ1) is 22.5. The number of ether oxygens (including phenoxy) is 2. The fourth-order valence-corrected chi connectivity index (χ4v) is 8.02. The second-order valence-corrected chi connectivity index (χ2v) is 11.0. The molecule has 4 rings (SSSR count). The molecule has 0 aromatic heterocycles. The summed E-state index contributed by atoms with van der Waals surface area (Å²) in [6.45, 7) is 11.0. The van der Waals surface area contributed by atoms with E-state index in [1.807, 2.05) is 0 Å². The summed E-state index contributed by atoms with van der Waals surface area (Å²) in [5, 5.41) is 22.7. The summed E-state index contributed by atoms with van der Waals surface area (Å²) < 4.78 is 11.2. The van der Waals surface area contributed by atoms with E-state index >= 15 is 0 Å². The minimum absolute atomic E-state index is 0.0374. The molecule has 4 saturated carbocycles. The highest BCUT2D eigenvalue weighted by Gasteiger charge is 2.76. The van der Waals surface area contributed by atoms with Crippen LogP contribution in [0.4, 0.5) is 0 Å². The zero-order chi connectivity index (χ0) is 23.0. The van der Waals surface area contributed by atoms with Crippen LogP contribution in [0.5, 0.6) is 0 Å². The van der Waals surface area contributed by atoms with E-state index in [9.17, 15) is 24.6 Å². The molecule has 0 aromatic carbocycles. The number of esters is 2. The van der Waals surface area contributed by atoms with E-state index < -0.39 is 40.5 Å². The summed E-state index contributed by atoms with van der Waals surface area (Å²) in [5.74, 6) is -1.59. The molecule has 4 aliphatic carbocycles. The van der Waals surface area contributed by atoms with Gasteiger partial charge in [0.05, 0.1) is 23.7 Å². The zero-order valence-corrected chi connectivity index (χ0v) is 18.9. The Labute approximate surface area is 183 Å². The maximum Gasteiger partial charge on any atom is 0.302 e. The van der Waals surface area contributed by atoms with E-state index in [2.05, 4.69) is 20.4 Å². The van der Waals surface area contributed by atoms with Crippen molar-refractivity contribution in [3.05, 3.63) is 12.2 Å². The number of carbonyl (C=O) groups excluding carboxylic acids is 3. The van der Waals surface area contributed by atoms with Gasteiger partial charge in [0.15, 0.2) is 5.78 Å². The number of ketones is 1. The topological polar surface area (TPSA) is 110 Å². The summed E-state index contributed by atoms with van der Waals surface area (Å²) in [7, 11) is 0. The fourth-order valence-electron chi connectivity index (χ4n) is 8.02. The van der Waals surface area contributed by atoms with Crippen LogP contribution in [0.3, 0.4) is 0 Å². The van der Waals surface area contributed by atoms with Crippen molar-refractivity contribution < 1.29 is 34.1 Å². The van der Waals surface area contributed by atoms with Crippen LogP contribution >= 0.6 is 0 Å². The Morgan fingerprint density at radius 2 is 1.87 bits per heavy atom. The van der Waals surface area contributed by atoms with E-state index in [0.717, 1.165) is 19.3 Å². The summed E-state index contributed by atoms with van der Waals surface area (Å²) in [4.78, 5) is 37.1. The molecule has 0 radical (unpaired) electrons. The highest BCUT2D eigenvalue weighted by molar-refractivity contribution is 6.05. The van der Waals surface area contributed by atoms with Gasteiger partial charge in [0.1, 0.15) is 6.10 Å². The molecule has 0 aliphatic heterocycles. The zero-order valence-electron chi connectivity index (χ0n) is 18.9. The molecule has 8 atom stereocenters. The van der Waals surface area contributed by atoms with Gasteiger partial charge < -0.3 is 19.7 Å². The Balaban J connectivity index is 1.84. The second-order valence-electron chi connectivity index (χ2n) is 11.0. The SMILES string of the molecule is C=C1C(=O)[C@]23C[C@@]1(O)CC(OC(C)=O)C2[C@]1(C)CCC[C@@](C)(COC(C)=O)C1CC3O. The molecule has 172 valence electrons. The Morgan fingerprint density at radius 3 is 2.48 bits per heavy atom. The summed E-state index contributed by atoms with van der Waals surface area (Å²) in [6, 6.07) is 0. The van der Waals surface area contributed by atoms with E-state index in [0.29, 0.717) is 6.42 Å². The predicted octanol–water partition coefficient (Wildman–Crippen LogP) is 2.32. The molecule has 31 heavy (non-hydrogen) atoms. The Kier molecular flexibility index (Phi) is 4.99. The van der Waals surface area contributed by atoms with Crippen LogP contribution in [-0.2, 0) is 23.9 Å². The number of carbonyl (C=O) groups is 3. The minimum atomic E-state index is -1.46. The first-order chi connectivity index (χ1) is 14.3. The molecule has 7 nitrogen and oxygen atoms in total. The third kappa shape index (κ3) is 2.95. The van der Waals surface area contributed by atoms with Crippen molar-refractivity contribution in [2.45, 2.75) is 84.0 Å². The van der Waals surface area contributed by atoms with Crippen LogP contribution in [0.1, 0.15) is 66.2 Å². The minimum Gasteiger partial charge on any atom is -0.465 e. The van der Waals surface area contributed by atoms with Gasteiger partial charge in [0, 0.05) is 37.2 Å². The monoisotopic (exact) mass is 434 g/mol. The molecule has 4 aliphatic rings. The summed E-state index contributed by atoms with van der Waals surface area (Å²) >= 11 is 0. The number of fused-ring (bicyclic) bond motifs is 3. The number of hydrogen-bond acceptors (Lipinski definition) is 7. The van der Waals surface area contributed by atoms with Crippen molar-refractivity contribution in [1.29, 1.82) is 0 Å². The lowest BCUT2D eigenvalue weighted by molar-refractivity contribution is -0.246. The molecule has 0 aromatic rings. The van der Waals surface area contributed by atoms with Gasteiger partial charge in [-0.3, -0.25) is 14.4 Å². The van der Waals surface area contributed by atoms with Crippen LogP contribution < -0.4 is 0 Å². The van der Waals surface area contributed by atoms with Crippen molar-refractivity contribution in [2.24, 2.45) is 28.1 Å². The maximum atomic E-state index is 13.6. The molecule has 4 fully saturated rings. The average molecular weight is 435 g/mol. The van der Waals surface area contributed by atoms with Gasteiger partial charge in [-0.15, -0.1) is 0 Å². The average Bonchev–Trinajstić information content (AvgIpc) is 2.80.